The van der Waals surface area contributed by atoms with Crippen LogP contribution in [0.15, 0.2) is 18.2 Å². The van der Waals surface area contributed by atoms with Crippen molar-refractivity contribution in [3.8, 4) is 5.75 Å². The summed E-state index contributed by atoms with van der Waals surface area (Å²) in [5, 5.41) is 12.8. The maximum Gasteiger partial charge on any atom is 0.234 e. The van der Waals surface area contributed by atoms with Crippen LogP contribution in [-0.2, 0) is 11.2 Å². The molecule has 1 aliphatic heterocycles. The van der Waals surface area contributed by atoms with Gasteiger partial charge < -0.3 is 15.0 Å². The van der Waals surface area contributed by atoms with Crippen LogP contribution in [0.2, 0.25) is 5.02 Å². The number of nitrogens with one attached hydrogen (secondary N) is 1. The second-order valence-corrected chi connectivity index (χ2v) is 6.42. The van der Waals surface area contributed by atoms with Gasteiger partial charge in [-0.1, -0.05) is 29.0 Å². The fraction of sp³-hybridized carbons (Fsp3) is 0.357. The van der Waals surface area contributed by atoms with E-state index in [4.69, 9.17) is 16.3 Å². The van der Waals surface area contributed by atoms with E-state index in [1.807, 2.05) is 19.1 Å². The van der Waals surface area contributed by atoms with Crippen LogP contribution < -0.4 is 15.0 Å². The highest BCUT2D eigenvalue weighted by atomic mass is 35.5. The van der Waals surface area contributed by atoms with Crippen LogP contribution in [0.4, 0.5) is 10.8 Å². The maximum absolute atomic E-state index is 12.6. The summed E-state index contributed by atoms with van der Waals surface area (Å²) >= 11 is 7.54. The minimum atomic E-state index is -0.112. The molecule has 116 valence electrons. The molecule has 1 amide bonds. The maximum atomic E-state index is 12.6. The minimum Gasteiger partial charge on any atom is -0.485 e. The molecule has 0 spiro atoms. The first kappa shape index (κ1) is 15.1. The number of carbonyl (C=O) groups excluding carboxylic acids is 1. The zero-order valence-corrected chi connectivity index (χ0v) is 13.7. The third-order valence-electron chi connectivity index (χ3n) is 3.28. The number of hydrogen-bond donors (Lipinski definition) is 1. The van der Waals surface area contributed by atoms with Crippen LogP contribution in [0.25, 0.3) is 0 Å². The SMILES string of the molecule is CNc1nnc(CC(=O)N2C[C@H](C)Oc3c(Cl)cccc32)s1. The van der Waals surface area contributed by atoms with E-state index >= 15 is 0 Å². The van der Waals surface area contributed by atoms with E-state index in [-0.39, 0.29) is 18.4 Å². The van der Waals surface area contributed by atoms with Crippen molar-refractivity contribution in [1.82, 2.24) is 10.2 Å². The van der Waals surface area contributed by atoms with E-state index in [0.29, 0.717) is 33.1 Å². The molecule has 0 unspecified atom stereocenters. The summed E-state index contributed by atoms with van der Waals surface area (Å²) in [4.78, 5) is 14.3. The van der Waals surface area contributed by atoms with Crippen LogP contribution in [0, 0.1) is 0 Å². The number of hydrogen-bond acceptors (Lipinski definition) is 6. The summed E-state index contributed by atoms with van der Waals surface area (Å²) in [6, 6.07) is 5.40. The number of carbonyl (C=O) groups is 1. The third-order valence-corrected chi connectivity index (χ3v) is 4.52. The van der Waals surface area contributed by atoms with Gasteiger partial charge in [0.2, 0.25) is 11.0 Å². The number of para-hydroxylation sites is 1. The highest BCUT2D eigenvalue weighted by Crippen LogP contribution is 2.39. The number of nitrogens with zero attached hydrogens (tertiary/aromatic N) is 3. The van der Waals surface area contributed by atoms with Gasteiger partial charge in [0.15, 0.2) is 5.75 Å². The van der Waals surface area contributed by atoms with E-state index in [1.165, 1.54) is 11.3 Å². The summed E-state index contributed by atoms with van der Waals surface area (Å²) in [7, 11) is 1.77. The highest BCUT2D eigenvalue weighted by Gasteiger charge is 2.29. The van der Waals surface area contributed by atoms with Gasteiger partial charge in [-0.3, -0.25) is 4.79 Å². The molecule has 0 radical (unpaired) electrons. The van der Waals surface area contributed by atoms with Crippen molar-refractivity contribution >= 4 is 39.7 Å². The third kappa shape index (κ3) is 2.86. The van der Waals surface area contributed by atoms with Gasteiger partial charge in [0, 0.05) is 7.05 Å². The Balaban J connectivity index is 1.85. The fourth-order valence-electron chi connectivity index (χ4n) is 2.31. The van der Waals surface area contributed by atoms with Gasteiger partial charge in [0.05, 0.1) is 23.7 Å². The van der Waals surface area contributed by atoms with E-state index in [0.717, 1.165) is 0 Å². The average Bonchev–Trinajstić information content (AvgIpc) is 2.95. The standard InChI is InChI=1S/C14H15ClN4O2S/c1-8-7-19(10-5-3-4-9(15)13(10)21-8)12(20)6-11-17-18-14(16-2)22-11/h3-5,8H,6-7H2,1-2H3,(H,16,18)/t8-/m0/s1. The molecule has 1 aliphatic rings. The van der Waals surface area contributed by atoms with Crippen molar-refractivity contribution in [3.05, 3.63) is 28.2 Å². The molecule has 0 saturated heterocycles. The van der Waals surface area contributed by atoms with Gasteiger partial charge in [0.25, 0.3) is 0 Å². The summed E-state index contributed by atoms with van der Waals surface area (Å²) in [5.41, 5.74) is 0.703. The molecule has 8 heteroatoms. The van der Waals surface area contributed by atoms with Crippen LogP contribution in [0.5, 0.6) is 5.75 Å². The van der Waals surface area contributed by atoms with Gasteiger partial charge in [-0.2, -0.15) is 0 Å². The molecule has 1 N–H and O–H groups in total. The van der Waals surface area contributed by atoms with Crippen LogP contribution in [-0.4, -0.2) is 35.8 Å². The lowest BCUT2D eigenvalue weighted by molar-refractivity contribution is -0.118. The molecule has 1 aromatic carbocycles. The van der Waals surface area contributed by atoms with Gasteiger partial charge in [-0.05, 0) is 19.1 Å². The Labute approximate surface area is 137 Å². The first-order valence-corrected chi connectivity index (χ1v) is 8.03. The van der Waals surface area contributed by atoms with E-state index in [1.54, 1.807) is 18.0 Å². The van der Waals surface area contributed by atoms with Crippen molar-refractivity contribution in [2.45, 2.75) is 19.4 Å². The molecule has 1 atom stereocenters. The average molecular weight is 339 g/mol. The van der Waals surface area contributed by atoms with E-state index in [2.05, 4.69) is 15.5 Å². The Morgan fingerprint density at radius 2 is 2.36 bits per heavy atom. The Kier molecular flexibility index (Phi) is 4.17. The molecule has 2 heterocycles. The molecule has 22 heavy (non-hydrogen) atoms. The lowest BCUT2D eigenvalue weighted by Crippen LogP contribution is -2.43. The fourth-order valence-corrected chi connectivity index (χ4v) is 3.21. The molecule has 0 aliphatic carbocycles. The van der Waals surface area contributed by atoms with Crippen molar-refractivity contribution in [3.63, 3.8) is 0 Å². The molecule has 6 nitrogen and oxygen atoms in total. The van der Waals surface area contributed by atoms with Crippen molar-refractivity contribution < 1.29 is 9.53 Å². The Bertz CT molecular complexity index is 706. The number of benzene rings is 1. The number of halogens is 1. The molecule has 0 fully saturated rings. The van der Waals surface area contributed by atoms with Crippen LogP contribution in [0.3, 0.4) is 0 Å². The Hall–Kier alpha value is -1.86. The van der Waals surface area contributed by atoms with Crippen molar-refractivity contribution in [2.24, 2.45) is 0 Å². The van der Waals surface area contributed by atoms with E-state index in [9.17, 15) is 4.79 Å². The Morgan fingerprint density at radius 1 is 1.55 bits per heavy atom. The lowest BCUT2D eigenvalue weighted by Gasteiger charge is -2.33. The predicted octanol–water partition coefficient (Wildman–Crippen LogP) is 2.59. The molecule has 2 aromatic rings. The number of ether oxygens (including phenoxy) is 1. The predicted molar refractivity (Wildman–Crippen MR) is 87.1 cm³/mol. The second kappa shape index (κ2) is 6.10. The number of fused-ring (bicyclic) bond motifs is 1. The Morgan fingerprint density at radius 3 is 3.09 bits per heavy atom. The van der Waals surface area contributed by atoms with Crippen molar-refractivity contribution in [1.29, 1.82) is 0 Å². The zero-order chi connectivity index (χ0) is 15.7. The van der Waals surface area contributed by atoms with Gasteiger partial charge in [0.1, 0.15) is 11.1 Å². The zero-order valence-electron chi connectivity index (χ0n) is 12.2. The molecule has 0 saturated carbocycles. The number of aromatic nitrogens is 2. The van der Waals surface area contributed by atoms with Gasteiger partial charge >= 0.3 is 0 Å². The van der Waals surface area contributed by atoms with Gasteiger partial charge in [-0.15, -0.1) is 10.2 Å². The molecule has 3 rings (SSSR count). The first-order valence-electron chi connectivity index (χ1n) is 6.84. The summed E-state index contributed by atoms with van der Waals surface area (Å²) in [6.45, 7) is 2.40. The minimum absolute atomic E-state index is 0.0440. The second-order valence-electron chi connectivity index (χ2n) is 4.95. The normalized spacial score (nSPS) is 16.9. The quantitative estimate of drug-likeness (QED) is 0.931. The molecule has 1 aromatic heterocycles. The van der Waals surface area contributed by atoms with Gasteiger partial charge in [-0.25, -0.2) is 0 Å². The van der Waals surface area contributed by atoms with E-state index < -0.39 is 0 Å². The summed E-state index contributed by atoms with van der Waals surface area (Å²) in [5.74, 6) is 0.516. The largest absolute Gasteiger partial charge is 0.485 e. The first-order chi connectivity index (χ1) is 10.6. The summed E-state index contributed by atoms with van der Waals surface area (Å²) < 4.78 is 5.75. The number of rotatable bonds is 3. The monoisotopic (exact) mass is 338 g/mol. The van der Waals surface area contributed by atoms with Crippen molar-refractivity contribution in [2.75, 3.05) is 23.8 Å². The number of amides is 1. The number of anilines is 2. The molecular formula is C14H15ClN4O2S. The molecular weight excluding hydrogens is 324 g/mol. The lowest BCUT2D eigenvalue weighted by atomic mass is 10.2. The van der Waals surface area contributed by atoms with Crippen LogP contribution >= 0.6 is 22.9 Å². The highest BCUT2D eigenvalue weighted by molar-refractivity contribution is 7.15. The summed E-state index contributed by atoms with van der Waals surface area (Å²) in [6.07, 6.45) is 0.0940. The smallest absolute Gasteiger partial charge is 0.234 e. The topological polar surface area (TPSA) is 67.4 Å². The molecule has 0 bridgehead atoms. The van der Waals surface area contributed by atoms with Crippen LogP contribution in [0.1, 0.15) is 11.9 Å².